The predicted octanol–water partition coefficient (Wildman–Crippen LogP) is 2.75. The molecule has 0 saturated carbocycles. The minimum absolute atomic E-state index is 0.124. The fourth-order valence-electron chi connectivity index (χ4n) is 1.69. The van der Waals surface area contributed by atoms with Crippen LogP contribution in [0.1, 0.15) is 17.2 Å². The molecule has 2 aromatic carbocycles. The third kappa shape index (κ3) is 2.76. The second kappa shape index (κ2) is 5.17. The molecular formula is C13H15N2OP. The molecule has 0 radical (unpaired) electrons. The molecule has 0 spiro atoms. The second-order valence-corrected chi connectivity index (χ2v) is 4.12. The van der Waals surface area contributed by atoms with Crippen LogP contribution in [-0.4, -0.2) is 0 Å². The van der Waals surface area contributed by atoms with Gasteiger partial charge in [-0.15, -0.1) is 0 Å². The minimum atomic E-state index is -0.124. The largest absolute Gasteiger partial charge is 0.399 e. The zero-order valence-electron chi connectivity index (χ0n) is 9.34. The monoisotopic (exact) mass is 246 g/mol. The average molecular weight is 246 g/mol. The first kappa shape index (κ1) is 11.9. The van der Waals surface area contributed by atoms with Gasteiger partial charge in [0.15, 0.2) is 0 Å². The third-order valence-electron chi connectivity index (χ3n) is 2.61. The Balaban J connectivity index is 2.33. The number of anilines is 2. The Morgan fingerprint density at radius 1 is 0.765 bits per heavy atom. The van der Waals surface area contributed by atoms with Gasteiger partial charge in [-0.25, -0.2) is 0 Å². The maximum atomic E-state index is 5.66. The molecule has 2 rings (SSSR count). The van der Waals surface area contributed by atoms with Gasteiger partial charge >= 0.3 is 0 Å². The van der Waals surface area contributed by atoms with E-state index in [1.807, 2.05) is 48.5 Å². The van der Waals surface area contributed by atoms with E-state index in [2.05, 4.69) is 9.47 Å². The first-order valence-electron chi connectivity index (χ1n) is 5.27. The van der Waals surface area contributed by atoms with Crippen LogP contribution in [0, 0.1) is 0 Å². The van der Waals surface area contributed by atoms with Gasteiger partial charge in [-0.1, -0.05) is 24.3 Å². The van der Waals surface area contributed by atoms with E-state index in [1.165, 1.54) is 0 Å². The van der Waals surface area contributed by atoms with Crippen LogP contribution in [0.3, 0.4) is 0 Å². The Labute approximate surface area is 103 Å². The van der Waals surface area contributed by atoms with Crippen LogP contribution >= 0.6 is 9.47 Å². The predicted molar refractivity (Wildman–Crippen MR) is 74.3 cm³/mol. The van der Waals surface area contributed by atoms with E-state index < -0.39 is 0 Å². The van der Waals surface area contributed by atoms with Crippen molar-refractivity contribution in [1.82, 2.24) is 0 Å². The Bertz CT molecular complexity index is 436. The molecule has 0 fully saturated rings. The number of nitrogen functional groups attached to an aromatic ring is 2. The van der Waals surface area contributed by atoms with E-state index in [0.29, 0.717) is 0 Å². The lowest BCUT2D eigenvalue weighted by Gasteiger charge is -2.16. The first-order chi connectivity index (χ1) is 8.20. The topological polar surface area (TPSA) is 61.3 Å². The number of hydrogen-bond acceptors (Lipinski definition) is 3. The average Bonchev–Trinajstić information content (AvgIpc) is 2.35. The molecule has 1 unspecified atom stereocenters. The fraction of sp³-hybridized carbons (Fsp3) is 0.0769. The molecule has 0 saturated heterocycles. The van der Waals surface area contributed by atoms with Gasteiger partial charge in [-0.05, 0) is 35.4 Å². The normalized spacial score (nSPS) is 10.7. The summed E-state index contributed by atoms with van der Waals surface area (Å²) in [6.07, 6.45) is -0.124. The Kier molecular flexibility index (Phi) is 3.62. The van der Waals surface area contributed by atoms with Crippen LogP contribution < -0.4 is 11.5 Å². The molecule has 0 amide bonds. The number of hydrogen-bond donors (Lipinski definition) is 2. The van der Waals surface area contributed by atoms with Gasteiger partial charge in [-0.3, -0.25) is 0 Å². The van der Waals surface area contributed by atoms with Crippen LogP contribution in [-0.2, 0) is 4.52 Å². The van der Waals surface area contributed by atoms with E-state index in [9.17, 15) is 0 Å². The van der Waals surface area contributed by atoms with Gasteiger partial charge in [0, 0.05) is 20.8 Å². The van der Waals surface area contributed by atoms with Gasteiger partial charge in [0.25, 0.3) is 0 Å². The van der Waals surface area contributed by atoms with Gasteiger partial charge < -0.3 is 16.0 Å². The van der Waals surface area contributed by atoms with E-state index >= 15 is 0 Å². The number of benzene rings is 2. The quantitative estimate of drug-likeness (QED) is 0.646. The van der Waals surface area contributed by atoms with Crippen molar-refractivity contribution in [3.05, 3.63) is 59.7 Å². The van der Waals surface area contributed by atoms with Crippen LogP contribution in [0.25, 0.3) is 0 Å². The first-order valence-corrected chi connectivity index (χ1v) is 5.74. The highest BCUT2D eigenvalue weighted by molar-refractivity contribution is 7.09. The summed E-state index contributed by atoms with van der Waals surface area (Å²) in [7, 11) is 2.30. The summed E-state index contributed by atoms with van der Waals surface area (Å²) in [5.74, 6) is 0. The van der Waals surface area contributed by atoms with Crippen molar-refractivity contribution in [3.8, 4) is 0 Å². The third-order valence-corrected chi connectivity index (χ3v) is 2.89. The number of nitrogens with two attached hydrogens (primary N) is 2. The maximum absolute atomic E-state index is 5.66. The van der Waals surface area contributed by atoms with Gasteiger partial charge in [-0.2, -0.15) is 0 Å². The van der Waals surface area contributed by atoms with Crippen LogP contribution in [0.5, 0.6) is 0 Å². The van der Waals surface area contributed by atoms with E-state index in [1.54, 1.807) is 0 Å². The SMILES string of the molecule is Nc1ccc(C(OP)c2ccc(N)cc2)cc1. The molecule has 0 heterocycles. The molecule has 88 valence electrons. The molecule has 0 aliphatic heterocycles. The van der Waals surface area contributed by atoms with Gasteiger partial charge in [0.1, 0.15) is 6.10 Å². The van der Waals surface area contributed by atoms with Crippen molar-refractivity contribution in [2.75, 3.05) is 11.5 Å². The van der Waals surface area contributed by atoms with Crippen molar-refractivity contribution < 1.29 is 4.52 Å². The molecule has 0 aliphatic rings. The lowest BCUT2D eigenvalue weighted by molar-refractivity contribution is 0.294. The fourth-order valence-corrected chi connectivity index (χ4v) is 2.01. The number of rotatable bonds is 3. The molecule has 17 heavy (non-hydrogen) atoms. The van der Waals surface area contributed by atoms with E-state index in [0.717, 1.165) is 22.5 Å². The molecule has 0 bridgehead atoms. The summed E-state index contributed by atoms with van der Waals surface area (Å²) in [4.78, 5) is 0. The van der Waals surface area contributed by atoms with Crippen LogP contribution in [0.15, 0.2) is 48.5 Å². The van der Waals surface area contributed by atoms with Gasteiger partial charge in [0.2, 0.25) is 0 Å². The van der Waals surface area contributed by atoms with Crippen LogP contribution in [0.4, 0.5) is 11.4 Å². The van der Waals surface area contributed by atoms with E-state index in [-0.39, 0.29) is 6.10 Å². The Morgan fingerprint density at radius 3 is 1.41 bits per heavy atom. The highest BCUT2D eigenvalue weighted by Crippen LogP contribution is 2.28. The maximum Gasteiger partial charge on any atom is 0.111 e. The molecule has 0 aliphatic carbocycles. The zero-order valence-corrected chi connectivity index (χ0v) is 10.5. The molecule has 1 atom stereocenters. The summed E-state index contributed by atoms with van der Waals surface area (Å²) in [6.45, 7) is 0. The Morgan fingerprint density at radius 2 is 1.12 bits per heavy atom. The zero-order chi connectivity index (χ0) is 12.3. The lowest BCUT2D eigenvalue weighted by atomic mass is 10.0. The summed E-state index contributed by atoms with van der Waals surface area (Å²) in [5.41, 5.74) is 14.9. The summed E-state index contributed by atoms with van der Waals surface area (Å²) in [6, 6.07) is 15.3. The molecule has 0 aromatic heterocycles. The van der Waals surface area contributed by atoms with Crippen LogP contribution in [0.2, 0.25) is 0 Å². The summed E-state index contributed by atoms with van der Waals surface area (Å²) in [5, 5.41) is 0. The van der Waals surface area contributed by atoms with Crippen molar-refractivity contribution in [3.63, 3.8) is 0 Å². The second-order valence-electron chi connectivity index (χ2n) is 3.85. The van der Waals surface area contributed by atoms with Crippen molar-refractivity contribution in [2.24, 2.45) is 0 Å². The summed E-state index contributed by atoms with van der Waals surface area (Å²) >= 11 is 0. The van der Waals surface area contributed by atoms with Crippen molar-refractivity contribution >= 4 is 20.8 Å². The smallest absolute Gasteiger partial charge is 0.111 e. The van der Waals surface area contributed by atoms with Gasteiger partial charge in [0.05, 0.1) is 0 Å². The molecule has 2 aromatic rings. The highest BCUT2D eigenvalue weighted by Gasteiger charge is 2.12. The molecule has 4 heteroatoms. The molecular weight excluding hydrogens is 231 g/mol. The van der Waals surface area contributed by atoms with E-state index in [4.69, 9.17) is 16.0 Å². The lowest BCUT2D eigenvalue weighted by Crippen LogP contribution is -2.01. The standard InChI is InChI=1S/C13H15N2OP/c14-11-5-1-9(2-6-11)13(16-17)10-3-7-12(15)8-4-10/h1-8,13H,14-15,17H2. The Hall–Kier alpha value is -1.57. The molecule has 4 N–H and O–H groups in total. The highest BCUT2D eigenvalue weighted by atomic mass is 31.0. The van der Waals surface area contributed by atoms with Crippen molar-refractivity contribution in [1.29, 1.82) is 0 Å². The molecule has 3 nitrogen and oxygen atoms in total. The minimum Gasteiger partial charge on any atom is -0.399 e. The van der Waals surface area contributed by atoms with Crippen molar-refractivity contribution in [2.45, 2.75) is 6.10 Å². The summed E-state index contributed by atoms with van der Waals surface area (Å²) < 4.78 is 5.44.